The predicted octanol–water partition coefficient (Wildman–Crippen LogP) is 1.98. The molecule has 0 aliphatic carbocycles. The number of piperidine rings is 1. The van der Waals surface area contributed by atoms with Crippen molar-refractivity contribution in [3.05, 3.63) is 42.5 Å². The fraction of sp³-hybridized carbons (Fsp3) is 0.375. The highest BCUT2D eigenvalue weighted by Gasteiger charge is 2.25. The number of nitrogens with one attached hydrogen (secondary N) is 1. The molecule has 0 radical (unpaired) electrons. The highest BCUT2D eigenvalue weighted by Crippen LogP contribution is 2.28. The van der Waals surface area contributed by atoms with Crippen LogP contribution in [0.3, 0.4) is 0 Å². The van der Waals surface area contributed by atoms with E-state index >= 15 is 0 Å². The normalized spacial score (nSPS) is 16.0. The number of hydrogen-bond donors (Lipinski definition) is 1. The van der Waals surface area contributed by atoms with Crippen molar-refractivity contribution in [1.82, 2.24) is 29.9 Å². The Morgan fingerprint density at radius 1 is 1.13 bits per heavy atom. The van der Waals surface area contributed by atoms with Crippen molar-refractivity contribution in [2.24, 2.45) is 7.05 Å². The van der Waals surface area contributed by atoms with E-state index < -0.39 is 0 Å². The summed E-state index contributed by atoms with van der Waals surface area (Å²) in [6, 6.07) is 10.1. The molecule has 3 aromatic rings. The lowest BCUT2D eigenvalue weighted by Crippen LogP contribution is -2.35. The summed E-state index contributed by atoms with van der Waals surface area (Å²) >= 11 is 0. The Bertz CT molecular complexity index is 769. The second-order valence-electron chi connectivity index (χ2n) is 5.86. The molecule has 0 atom stereocenters. The molecule has 0 unspecified atom stereocenters. The van der Waals surface area contributed by atoms with Gasteiger partial charge in [0.05, 0.1) is 0 Å². The van der Waals surface area contributed by atoms with Gasteiger partial charge in [0.15, 0.2) is 5.82 Å². The van der Waals surface area contributed by atoms with Crippen LogP contribution in [0.15, 0.2) is 36.7 Å². The van der Waals surface area contributed by atoms with Crippen LogP contribution in [0, 0.1) is 0 Å². The first-order valence-corrected chi connectivity index (χ1v) is 7.88. The lowest BCUT2D eigenvalue weighted by molar-refractivity contribution is 0.477. The van der Waals surface area contributed by atoms with Gasteiger partial charge in [0.1, 0.15) is 12.2 Å². The Morgan fingerprint density at radius 3 is 2.61 bits per heavy atom. The molecule has 1 fully saturated rings. The molecule has 0 amide bonds. The van der Waals surface area contributed by atoms with Gasteiger partial charge < -0.3 is 4.90 Å². The van der Waals surface area contributed by atoms with Crippen LogP contribution in [-0.2, 0) is 7.05 Å². The van der Waals surface area contributed by atoms with Crippen LogP contribution in [-0.4, -0.2) is 43.0 Å². The zero-order valence-corrected chi connectivity index (χ0v) is 13.1. The molecule has 2 aromatic heterocycles. The van der Waals surface area contributed by atoms with Gasteiger partial charge >= 0.3 is 0 Å². The van der Waals surface area contributed by atoms with Gasteiger partial charge in [-0.05, 0) is 12.8 Å². The summed E-state index contributed by atoms with van der Waals surface area (Å²) in [5.41, 5.74) is 1.05. The van der Waals surface area contributed by atoms with Crippen LogP contribution in [0.4, 0.5) is 5.95 Å². The Labute approximate surface area is 134 Å². The van der Waals surface area contributed by atoms with E-state index in [2.05, 4.69) is 25.2 Å². The molecule has 1 aromatic carbocycles. The van der Waals surface area contributed by atoms with Crippen molar-refractivity contribution >= 4 is 5.95 Å². The lowest BCUT2D eigenvalue weighted by atomic mass is 9.96. The summed E-state index contributed by atoms with van der Waals surface area (Å²) in [5.74, 6) is 3.12. The van der Waals surface area contributed by atoms with E-state index in [-0.39, 0.29) is 0 Å². The summed E-state index contributed by atoms with van der Waals surface area (Å²) in [5, 5.41) is 11.6. The van der Waals surface area contributed by atoms with Crippen molar-refractivity contribution in [3.8, 4) is 11.4 Å². The Kier molecular flexibility index (Phi) is 3.53. The van der Waals surface area contributed by atoms with E-state index in [4.69, 9.17) is 4.98 Å². The van der Waals surface area contributed by atoms with Crippen LogP contribution in [0.25, 0.3) is 11.4 Å². The summed E-state index contributed by atoms with van der Waals surface area (Å²) in [6.45, 7) is 1.91. The van der Waals surface area contributed by atoms with Crippen molar-refractivity contribution in [1.29, 1.82) is 0 Å². The van der Waals surface area contributed by atoms with Crippen molar-refractivity contribution in [3.63, 3.8) is 0 Å². The third-order valence-electron chi connectivity index (χ3n) is 4.39. The average Bonchev–Trinajstić information content (AvgIpc) is 3.25. The maximum absolute atomic E-state index is 4.69. The quantitative estimate of drug-likeness (QED) is 0.800. The summed E-state index contributed by atoms with van der Waals surface area (Å²) < 4.78 is 1.82. The molecule has 0 spiro atoms. The second-order valence-corrected chi connectivity index (χ2v) is 5.86. The number of aromatic amines is 1. The van der Waals surface area contributed by atoms with Crippen LogP contribution in [0.5, 0.6) is 0 Å². The zero-order chi connectivity index (χ0) is 15.6. The third kappa shape index (κ3) is 2.69. The first-order valence-electron chi connectivity index (χ1n) is 7.88. The van der Waals surface area contributed by atoms with E-state index in [0.29, 0.717) is 5.92 Å². The fourth-order valence-corrected chi connectivity index (χ4v) is 3.10. The number of aromatic nitrogens is 6. The topological polar surface area (TPSA) is 75.5 Å². The van der Waals surface area contributed by atoms with Gasteiger partial charge in [-0.25, -0.2) is 9.67 Å². The molecular formula is C16H19N7. The largest absolute Gasteiger partial charge is 0.341 e. The SMILES string of the molecule is Cn1ncnc1N1CCC(c2nc(-c3ccccc3)n[nH]2)CC1. The highest BCUT2D eigenvalue weighted by atomic mass is 15.4. The summed E-state index contributed by atoms with van der Waals surface area (Å²) in [4.78, 5) is 11.3. The van der Waals surface area contributed by atoms with Crippen LogP contribution in [0.2, 0.25) is 0 Å². The van der Waals surface area contributed by atoms with Crippen molar-refractivity contribution < 1.29 is 0 Å². The molecule has 1 aliphatic rings. The molecule has 7 heteroatoms. The van der Waals surface area contributed by atoms with Crippen LogP contribution >= 0.6 is 0 Å². The van der Waals surface area contributed by atoms with E-state index in [1.807, 2.05) is 42.1 Å². The third-order valence-corrected chi connectivity index (χ3v) is 4.39. The predicted molar refractivity (Wildman–Crippen MR) is 87.0 cm³/mol. The van der Waals surface area contributed by atoms with E-state index in [0.717, 1.165) is 49.1 Å². The number of H-pyrrole nitrogens is 1. The minimum absolute atomic E-state index is 0.421. The smallest absolute Gasteiger partial charge is 0.223 e. The number of benzene rings is 1. The number of nitrogens with zero attached hydrogens (tertiary/aromatic N) is 6. The monoisotopic (exact) mass is 309 g/mol. The summed E-state index contributed by atoms with van der Waals surface area (Å²) in [6.07, 6.45) is 3.68. The Morgan fingerprint density at radius 2 is 1.91 bits per heavy atom. The minimum atomic E-state index is 0.421. The highest BCUT2D eigenvalue weighted by molar-refractivity contribution is 5.53. The van der Waals surface area contributed by atoms with Gasteiger partial charge in [-0.3, -0.25) is 5.10 Å². The molecule has 3 heterocycles. The maximum atomic E-state index is 4.69. The number of anilines is 1. The van der Waals surface area contributed by atoms with E-state index in [1.165, 1.54) is 0 Å². The molecule has 0 saturated carbocycles. The standard InChI is InChI=1S/C16H19N7/c1-22-16(17-11-18-22)23-9-7-13(8-10-23)15-19-14(20-21-15)12-5-3-2-4-6-12/h2-6,11,13H,7-10H2,1H3,(H,19,20,21). The Hall–Kier alpha value is -2.70. The zero-order valence-electron chi connectivity index (χ0n) is 13.1. The minimum Gasteiger partial charge on any atom is -0.341 e. The van der Waals surface area contributed by atoms with Gasteiger partial charge in [-0.2, -0.15) is 15.2 Å². The number of hydrogen-bond acceptors (Lipinski definition) is 5. The molecular weight excluding hydrogens is 290 g/mol. The van der Waals surface area contributed by atoms with Crippen LogP contribution < -0.4 is 4.90 Å². The molecule has 1 saturated heterocycles. The fourth-order valence-electron chi connectivity index (χ4n) is 3.10. The molecule has 118 valence electrons. The number of aryl methyl sites for hydroxylation is 1. The Balaban J connectivity index is 1.45. The molecule has 23 heavy (non-hydrogen) atoms. The van der Waals surface area contributed by atoms with Crippen molar-refractivity contribution in [2.75, 3.05) is 18.0 Å². The van der Waals surface area contributed by atoms with Gasteiger partial charge in [0.25, 0.3) is 0 Å². The molecule has 4 rings (SSSR count). The molecule has 7 nitrogen and oxygen atoms in total. The van der Waals surface area contributed by atoms with E-state index in [9.17, 15) is 0 Å². The van der Waals surface area contributed by atoms with E-state index in [1.54, 1.807) is 6.33 Å². The maximum Gasteiger partial charge on any atom is 0.223 e. The first kappa shape index (κ1) is 13.9. The summed E-state index contributed by atoms with van der Waals surface area (Å²) in [7, 11) is 1.93. The van der Waals surface area contributed by atoms with Crippen LogP contribution in [0.1, 0.15) is 24.6 Å². The first-order chi connectivity index (χ1) is 11.3. The molecule has 1 aliphatic heterocycles. The molecule has 0 bridgehead atoms. The van der Waals surface area contributed by atoms with Gasteiger partial charge in [-0.15, -0.1) is 0 Å². The lowest BCUT2D eigenvalue weighted by Gasteiger charge is -2.31. The number of rotatable bonds is 3. The van der Waals surface area contributed by atoms with Crippen molar-refractivity contribution in [2.45, 2.75) is 18.8 Å². The second kappa shape index (κ2) is 5.83. The average molecular weight is 309 g/mol. The molecule has 1 N–H and O–H groups in total. The van der Waals surface area contributed by atoms with Gasteiger partial charge in [0, 0.05) is 31.6 Å². The van der Waals surface area contributed by atoms with Gasteiger partial charge in [0.2, 0.25) is 5.95 Å². The van der Waals surface area contributed by atoms with Gasteiger partial charge in [-0.1, -0.05) is 30.3 Å².